The highest BCUT2D eigenvalue weighted by molar-refractivity contribution is 6.00. The second-order valence-electron chi connectivity index (χ2n) is 7.06. The van der Waals surface area contributed by atoms with Gasteiger partial charge < -0.3 is 15.1 Å². The molecule has 0 radical (unpaired) electrons. The van der Waals surface area contributed by atoms with Gasteiger partial charge in [0, 0.05) is 30.4 Å². The highest BCUT2D eigenvalue weighted by Crippen LogP contribution is 2.22. The Hall–Kier alpha value is -3.52. The smallest absolute Gasteiger partial charge is 0.259 e. The van der Waals surface area contributed by atoms with Gasteiger partial charge in [-0.05, 0) is 60.9 Å². The van der Waals surface area contributed by atoms with Gasteiger partial charge in [0.15, 0.2) is 0 Å². The lowest BCUT2D eigenvalue weighted by Crippen LogP contribution is -2.31. The van der Waals surface area contributed by atoms with E-state index < -0.39 is 5.91 Å². The fourth-order valence-electron chi connectivity index (χ4n) is 3.45. The summed E-state index contributed by atoms with van der Waals surface area (Å²) in [6, 6.07) is 11.3. The lowest BCUT2D eigenvalue weighted by Gasteiger charge is -2.29. The highest BCUT2D eigenvalue weighted by Gasteiger charge is 2.11. The van der Waals surface area contributed by atoms with Crippen LogP contribution in [-0.4, -0.2) is 23.9 Å². The van der Waals surface area contributed by atoms with Crippen LogP contribution in [0.3, 0.4) is 0 Å². The Morgan fingerprint density at radius 2 is 2.00 bits per heavy atom. The number of hydrogen-bond donors (Lipinski definition) is 1. The third-order valence-corrected chi connectivity index (χ3v) is 5.05. The van der Waals surface area contributed by atoms with Gasteiger partial charge in [0.1, 0.15) is 23.2 Å². The van der Waals surface area contributed by atoms with Gasteiger partial charge in [-0.2, -0.15) is 5.26 Å². The lowest BCUT2D eigenvalue weighted by molar-refractivity contribution is -0.114. The second-order valence-corrected chi connectivity index (χ2v) is 7.06. The number of nitriles is 1. The summed E-state index contributed by atoms with van der Waals surface area (Å²) in [5.41, 5.74) is 7.12. The summed E-state index contributed by atoms with van der Waals surface area (Å²) in [6.45, 7) is 8.46. The number of allylic oxidation sites excluding steroid dienone is 2. The number of benzene rings is 1. The van der Waals surface area contributed by atoms with E-state index in [4.69, 9.17) is 15.4 Å². The van der Waals surface area contributed by atoms with Gasteiger partial charge in [-0.1, -0.05) is 24.8 Å². The van der Waals surface area contributed by atoms with Crippen molar-refractivity contribution >= 4 is 24.6 Å². The normalized spacial score (nSPS) is 16.0. The van der Waals surface area contributed by atoms with Crippen molar-refractivity contribution in [1.82, 2.24) is 4.90 Å². The predicted octanol–water partition coefficient (Wildman–Crippen LogP) is 2.92. The zero-order valence-corrected chi connectivity index (χ0v) is 16.6. The first-order valence-electron chi connectivity index (χ1n) is 9.75. The number of likely N-dealkylation sites (tertiary alicyclic amines) is 1. The summed E-state index contributed by atoms with van der Waals surface area (Å²) in [6.07, 6.45) is 9.45. The number of nitrogens with zero attached hydrogens (tertiary/aromatic N) is 2. The molecule has 0 unspecified atom stereocenters. The first-order valence-corrected chi connectivity index (χ1v) is 9.75. The van der Waals surface area contributed by atoms with E-state index in [-0.39, 0.29) is 5.57 Å². The average molecular weight is 387 g/mol. The van der Waals surface area contributed by atoms with E-state index in [1.807, 2.05) is 18.2 Å². The Bertz CT molecular complexity index is 1110. The summed E-state index contributed by atoms with van der Waals surface area (Å²) in [5, 5.41) is 10.9. The number of carbonyl (C=O) groups is 1. The van der Waals surface area contributed by atoms with Crippen LogP contribution in [-0.2, 0) is 4.79 Å². The van der Waals surface area contributed by atoms with Crippen molar-refractivity contribution in [3.05, 3.63) is 63.9 Å². The van der Waals surface area contributed by atoms with Crippen LogP contribution in [0, 0.1) is 11.3 Å². The number of rotatable bonds is 5. The molecular formula is C24H25N3O2. The molecule has 2 N–H and O–H groups in total. The average Bonchev–Trinajstić information content (AvgIpc) is 3.20. The molecule has 0 atom stereocenters. The van der Waals surface area contributed by atoms with E-state index in [2.05, 4.69) is 30.6 Å². The van der Waals surface area contributed by atoms with Crippen LogP contribution in [0.5, 0.6) is 0 Å². The number of nitrogens with two attached hydrogens (primary N) is 1. The topological polar surface area (TPSA) is 83.3 Å². The van der Waals surface area contributed by atoms with Crippen molar-refractivity contribution in [1.29, 1.82) is 5.26 Å². The molecule has 5 nitrogen and oxygen atoms in total. The molecule has 0 aliphatic carbocycles. The SMILES string of the molecule is C=c1cc(-c2ccc(/C=C(\C#N)C(N)=O)o2)cc/c1=C/C(=C\C)N1CCCCC1. The summed E-state index contributed by atoms with van der Waals surface area (Å²) < 4.78 is 5.75. The van der Waals surface area contributed by atoms with E-state index >= 15 is 0 Å². The van der Waals surface area contributed by atoms with Crippen LogP contribution in [0.2, 0.25) is 0 Å². The van der Waals surface area contributed by atoms with Crippen LogP contribution in [0.4, 0.5) is 0 Å². The predicted molar refractivity (Wildman–Crippen MR) is 115 cm³/mol. The molecule has 1 fully saturated rings. The fourth-order valence-corrected chi connectivity index (χ4v) is 3.45. The Kier molecular flexibility index (Phi) is 6.36. The number of amides is 1. The molecule has 1 aliphatic heterocycles. The van der Waals surface area contributed by atoms with Crippen molar-refractivity contribution in [3.8, 4) is 17.4 Å². The van der Waals surface area contributed by atoms with E-state index in [1.54, 1.807) is 18.2 Å². The highest BCUT2D eigenvalue weighted by atomic mass is 16.3. The van der Waals surface area contributed by atoms with Crippen molar-refractivity contribution in [3.63, 3.8) is 0 Å². The number of carbonyl (C=O) groups excluding carboxylic acids is 1. The van der Waals surface area contributed by atoms with Crippen LogP contribution in [0.15, 0.2) is 52.1 Å². The molecule has 1 aromatic heterocycles. The van der Waals surface area contributed by atoms with Gasteiger partial charge in [-0.3, -0.25) is 4.79 Å². The maximum atomic E-state index is 11.2. The number of furan rings is 1. The van der Waals surface area contributed by atoms with Crippen molar-refractivity contribution in [2.45, 2.75) is 26.2 Å². The summed E-state index contributed by atoms with van der Waals surface area (Å²) in [7, 11) is 0. The Morgan fingerprint density at radius 1 is 1.24 bits per heavy atom. The third-order valence-electron chi connectivity index (χ3n) is 5.05. The molecule has 29 heavy (non-hydrogen) atoms. The van der Waals surface area contributed by atoms with Gasteiger partial charge in [0.2, 0.25) is 0 Å². The lowest BCUT2D eigenvalue weighted by atomic mass is 10.1. The van der Waals surface area contributed by atoms with E-state index in [1.165, 1.54) is 31.0 Å². The van der Waals surface area contributed by atoms with Crippen LogP contribution in [0.1, 0.15) is 31.9 Å². The van der Waals surface area contributed by atoms with E-state index in [9.17, 15) is 4.79 Å². The third kappa shape index (κ3) is 4.85. The Morgan fingerprint density at radius 3 is 2.62 bits per heavy atom. The van der Waals surface area contributed by atoms with Gasteiger partial charge >= 0.3 is 0 Å². The minimum atomic E-state index is -0.779. The fraction of sp³-hybridized carbons (Fsp3) is 0.250. The van der Waals surface area contributed by atoms with E-state index in [0.717, 1.165) is 29.1 Å². The summed E-state index contributed by atoms with van der Waals surface area (Å²) in [4.78, 5) is 13.6. The van der Waals surface area contributed by atoms with Gasteiger partial charge in [-0.25, -0.2) is 0 Å². The zero-order valence-electron chi connectivity index (χ0n) is 16.6. The van der Waals surface area contributed by atoms with E-state index in [0.29, 0.717) is 11.5 Å². The molecule has 2 aromatic rings. The number of piperidine rings is 1. The monoisotopic (exact) mass is 387 g/mol. The molecule has 3 rings (SSSR count). The quantitative estimate of drug-likeness (QED) is 0.632. The minimum Gasteiger partial charge on any atom is -0.457 e. The minimum absolute atomic E-state index is 0.148. The Balaban J connectivity index is 1.88. The second kappa shape index (κ2) is 9.11. The zero-order chi connectivity index (χ0) is 20.8. The first-order chi connectivity index (χ1) is 14.0. The molecular weight excluding hydrogens is 362 g/mol. The molecule has 1 saturated heterocycles. The van der Waals surface area contributed by atoms with Gasteiger partial charge in [-0.15, -0.1) is 0 Å². The van der Waals surface area contributed by atoms with Crippen LogP contribution in [0.25, 0.3) is 30.1 Å². The maximum absolute atomic E-state index is 11.2. The van der Waals surface area contributed by atoms with Crippen molar-refractivity contribution in [2.75, 3.05) is 13.1 Å². The first kappa shape index (κ1) is 20.2. The maximum Gasteiger partial charge on any atom is 0.259 e. The van der Waals surface area contributed by atoms with Crippen LogP contribution < -0.4 is 16.2 Å². The van der Waals surface area contributed by atoms with Crippen LogP contribution >= 0.6 is 0 Å². The molecule has 1 amide bonds. The van der Waals surface area contributed by atoms with Crippen molar-refractivity contribution < 1.29 is 9.21 Å². The number of hydrogen-bond acceptors (Lipinski definition) is 4. The van der Waals surface area contributed by atoms with Crippen molar-refractivity contribution in [2.24, 2.45) is 5.73 Å². The molecule has 2 heterocycles. The number of primary amides is 1. The van der Waals surface area contributed by atoms with Gasteiger partial charge in [0.25, 0.3) is 5.91 Å². The molecule has 1 aliphatic rings. The molecule has 0 saturated carbocycles. The summed E-state index contributed by atoms with van der Waals surface area (Å²) >= 11 is 0. The molecule has 0 bridgehead atoms. The largest absolute Gasteiger partial charge is 0.457 e. The molecule has 1 aromatic carbocycles. The molecule has 148 valence electrons. The summed E-state index contributed by atoms with van der Waals surface area (Å²) in [5.74, 6) is 0.258. The molecule has 0 spiro atoms. The standard InChI is InChI=1S/C24H25N3O2/c1-3-21(27-11-5-4-6-12-27)14-18-7-8-19(13-17(18)2)23-10-9-22(29-23)15-20(16-25)24(26)28/h3,7-10,13-15H,2,4-6,11-12H2,1H3,(H2,26,28)/b18-14-,20-15+,21-3+. The van der Waals surface area contributed by atoms with Gasteiger partial charge in [0.05, 0.1) is 0 Å². The Labute approximate surface area is 170 Å². The molecule has 5 heteroatoms.